The van der Waals surface area contributed by atoms with Gasteiger partial charge in [-0.25, -0.2) is 0 Å². The van der Waals surface area contributed by atoms with Crippen LogP contribution in [-0.4, -0.2) is 16.1 Å². The van der Waals surface area contributed by atoms with Crippen LogP contribution in [0, 0.1) is 8.26 Å². The number of thiophene rings is 6. The Morgan fingerprint density at radius 3 is 1.32 bits per heavy atom. The Morgan fingerprint density at radius 2 is 1.02 bits per heavy atom. The molecule has 0 spiro atoms. The summed E-state index contributed by atoms with van der Waals surface area (Å²) in [6, 6.07) is 9.15. The summed E-state index contributed by atoms with van der Waals surface area (Å²) in [7, 11) is -3.06. The molecule has 6 rings (SSSR count). The molecule has 53 heavy (non-hydrogen) atoms. The molecule has 0 nitrogen and oxygen atoms in total. The molecule has 0 atom stereocenters. The average Bonchev–Trinajstić information content (AvgIpc) is 3.92. The summed E-state index contributed by atoms with van der Waals surface area (Å²) in [5.74, 6) is 0. The number of hydrogen-bond donors (Lipinski definition) is 0. The van der Waals surface area contributed by atoms with Crippen LogP contribution in [0.1, 0.15) is 83.1 Å². The molecule has 0 bridgehead atoms. The van der Waals surface area contributed by atoms with Gasteiger partial charge in [0.25, 0.3) is 0 Å². The van der Waals surface area contributed by atoms with Crippen LogP contribution in [0.15, 0.2) is 52.9 Å². The van der Waals surface area contributed by atoms with Crippen molar-refractivity contribution in [2.75, 3.05) is 0 Å². The zero-order valence-corrected chi connectivity index (χ0v) is 52.3. The molecule has 0 aliphatic rings. The van der Waals surface area contributed by atoms with Gasteiger partial charge in [0.2, 0.25) is 0 Å². The van der Waals surface area contributed by atoms with E-state index in [0.717, 1.165) is 37.7 Å². The topological polar surface area (TPSA) is 0 Å². The third kappa shape index (κ3) is 10.7. The van der Waals surface area contributed by atoms with Crippen molar-refractivity contribution >= 4 is 212 Å². The second kappa shape index (κ2) is 22.1. The van der Waals surface area contributed by atoms with E-state index < -0.39 is 16.1 Å². The van der Waals surface area contributed by atoms with E-state index in [1.807, 2.05) is 34.1 Å². The molecule has 0 radical (unpaired) electrons. The first-order valence-electron chi connectivity index (χ1n) is 17.5. The zero-order valence-electron chi connectivity index (χ0n) is 32.4. The molecule has 0 aliphatic carbocycles. The van der Waals surface area contributed by atoms with Gasteiger partial charge in [-0.15, -0.1) is 62.1 Å². The van der Waals surface area contributed by atoms with Gasteiger partial charge >= 0.3 is 30.0 Å². The number of hydrogen-bond acceptors (Lipinski definition) is 6. The molecule has 0 N–H and O–H groups in total. The average molecular weight is 1350 g/mol. The Bertz CT molecular complexity index is 1980. The fraction of sp³-hybridized carbons (Fsp3) is 0.474. The van der Waals surface area contributed by atoms with Crippen LogP contribution in [-0.2, 0) is 16.3 Å². The van der Waals surface area contributed by atoms with Gasteiger partial charge in [-0.05, 0) is 136 Å². The maximum absolute atomic E-state index is 3.92. The summed E-state index contributed by atoms with van der Waals surface area (Å²) >= 11 is 32.7. The van der Waals surface area contributed by atoms with Gasteiger partial charge in [-0.1, -0.05) is 103 Å². The second-order valence-electron chi connectivity index (χ2n) is 14.8. The van der Waals surface area contributed by atoms with E-state index in [0.29, 0.717) is 0 Å². The third-order valence-electron chi connectivity index (χ3n) is 10.4. The van der Waals surface area contributed by atoms with Gasteiger partial charge < -0.3 is 11.3 Å². The van der Waals surface area contributed by atoms with Gasteiger partial charge in [-0.3, -0.25) is 0 Å². The summed E-state index contributed by atoms with van der Waals surface area (Å²) in [6.07, 6.45) is 0. The predicted molar refractivity (Wildman–Crippen MR) is 280 cm³/mol. The Balaban J connectivity index is 0.000000240. The van der Waals surface area contributed by atoms with Crippen LogP contribution in [0.3, 0.4) is 0 Å². The van der Waals surface area contributed by atoms with E-state index in [9.17, 15) is 0 Å². The van der Waals surface area contributed by atoms with Crippen LogP contribution >= 0.6 is 168 Å². The summed E-state index contributed by atoms with van der Waals surface area (Å²) in [4.78, 5) is 2.70. The van der Waals surface area contributed by atoms with E-state index in [1.165, 1.54) is 61.2 Å². The first-order chi connectivity index (χ1) is 24.8. The van der Waals surface area contributed by atoms with Crippen molar-refractivity contribution in [1.29, 1.82) is 0 Å². The number of halogens is 6. The van der Waals surface area contributed by atoms with Crippen molar-refractivity contribution in [3.8, 4) is 9.75 Å². The van der Waals surface area contributed by atoms with E-state index in [-0.39, 0.29) is 0 Å². The SMILES string of the molecule is Brc1[c-]scc1.CC(C)[Si](c1cc2sc(-c3sccc3Br)c(Br)c2s1)(C(C)C)C(C)C.CC(C)[Si](c1cc2sc(I)c(Br)c2s1)(C(C)C)C(C)C.[Zn+][Br]. The van der Waals surface area contributed by atoms with E-state index in [1.54, 1.807) is 31.7 Å². The Morgan fingerprint density at radius 1 is 0.585 bits per heavy atom. The molecule has 0 fully saturated rings. The zero-order chi connectivity index (χ0) is 40.2. The van der Waals surface area contributed by atoms with E-state index >= 15 is 0 Å². The Labute approximate surface area is 409 Å². The monoisotopic (exact) mass is 1340 g/mol. The van der Waals surface area contributed by atoms with Gasteiger partial charge in [0, 0.05) is 13.9 Å². The van der Waals surface area contributed by atoms with Crippen LogP contribution in [0.25, 0.3) is 28.6 Å². The number of rotatable bonds is 9. The second-order valence-corrected chi connectivity index (χ2v) is 38.2. The molecule has 0 aromatic carbocycles. The standard InChI is InChI=1S/C19H24Br2S3Si.C15H22BrIS2Si.C4H2BrS.BrH.Zn/c1-10(2)25(11(3)4,12(5)6)15-9-14-18(24-15)16(21)19(23-14)17-13(20)7-8-22-17;1-8(2)20(9(3)4,10(5)6)12-7-11-14(19-12)13(16)15(17)18-11;5-4-1-2-6-3-4;;/h7-12H,1-6H3;7-10H,1-6H3;1-2H;1H;/q;;-1;;+2/p-1. The van der Waals surface area contributed by atoms with Gasteiger partial charge in [0.05, 0.1) is 31.0 Å². The Kier molecular flexibility index (Phi) is 21.0. The summed E-state index contributed by atoms with van der Waals surface area (Å²) in [5.41, 5.74) is 4.62. The van der Waals surface area contributed by atoms with Crippen LogP contribution < -0.4 is 9.00 Å². The van der Waals surface area contributed by atoms with E-state index in [2.05, 4.69) is 235 Å². The quantitative estimate of drug-likeness (QED) is 0.0769. The van der Waals surface area contributed by atoms with Gasteiger partial charge in [0.1, 0.15) is 16.1 Å². The molecule has 0 saturated carbocycles. The van der Waals surface area contributed by atoms with Crippen molar-refractivity contribution in [2.24, 2.45) is 0 Å². The molecular weight excluding hydrogens is 1300 g/mol. The molecule has 0 unspecified atom stereocenters. The van der Waals surface area contributed by atoms with Crippen molar-refractivity contribution in [3.63, 3.8) is 0 Å². The van der Waals surface area contributed by atoms with Crippen molar-refractivity contribution in [1.82, 2.24) is 0 Å². The molecule has 0 saturated heterocycles. The number of fused-ring (bicyclic) bond motifs is 2. The minimum absolute atomic E-state index is 0.755. The molecule has 288 valence electrons. The first-order valence-corrected chi connectivity index (χ1v) is 38.2. The molecule has 6 aromatic rings. The van der Waals surface area contributed by atoms with Crippen LogP contribution in [0.2, 0.25) is 33.2 Å². The molecular formula is C38H48Br5IS6Si2Zn. The van der Waals surface area contributed by atoms with Crippen molar-refractivity contribution in [2.45, 2.75) is 116 Å². The minimum atomic E-state index is -1.57. The predicted octanol–water partition coefficient (Wildman–Crippen LogP) is 19.5. The molecule has 6 heterocycles. The fourth-order valence-corrected chi connectivity index (χ4v) is 37.5. The fourth-order valence-electron chi connectivity index (χ4n) is 8.65. The van der Waals surface area contributed by atoms with E-state index in [4.69, 9.17) is 0 Å². The van der Waals surface area contributed by atoms with Gasteiger partial charge in [-0.2, -0.15) is 11.4 Å². The first kappa shape index (κ1) is 50.3. The summed E-state index contributed by atoms with van der Waals surface area (Å²) in [5, 5.41) is 7.09. The Hall–Kier alpha value is 2.91. The third-order valence-corrected chi connectivity index (χ3v) is 38.8. The van der Waals surface area contributed by atoms with Crippen LogP contribution in [0.5, 0.6) is 0 Å². The maximum atomic E-state index is 3.92. The van der Waals surface area contributed by atoms with Crippen LogP contribution in [0.4, 0.5) is 0 Å². The molecule has 0 amide bonds. The van der Waals surface area contributed by atoms with Gasteiger partial charge in [0.15, 0.2) is 0 Å². The van der Waals surface area contributed by atoms with Crippen molar-refractivity contribution in [3.05, 3.63) is 61.2 Å². The van der Waals surface area contributed by atoms with Crippen molar-refractivity contribution < 1.29 is 16.3 Å². The summed E-state index contributed by atoms with van der Waals surface area (Å²) < 4.78 is 15.4. The molecule has 6 aromatic heterocycles. The normalized spacial score (nSPS) is 12.3. The molecule has 0 aliphatic heterocycles. The summed E-state index contributed by atoms with van der Waals surface area (Å²) in [6.45, 7) is 29.3. The molecule has 15 heteroatoms.